The highest BCUT2D eigenvalue weighted by Gasteiger charge is 2.28. The largest absolute Gasteiger partial charge is 0.455 e. The topological polar surface area (TPSA) is 101 Å². The number of carbonyl (C=O) groups is 1. The molecular weight excluding hydrogens is 433 g/mol. The Kier molecular flexibility index (Phi) is 6.09. The van der Waals surface area contributed by atoms with Gasteiger partial charge in [0.2, 0.25) is 0 Å². The molecule has 0 aliphatic heterocycles. The van der Waals surface area contributed by atoms with Crippen LogP contribution in [0.2, 0.25) is 0 Å². The average Bonchev–Trinajstić information content (AvgIpc) is 3.14. The molecule has 32 heavy (non-hydrogen) atoms. The number of halogens is 1. The maximum absolute atomic E-state index is 13.1. The molecule has 1 aromatic heterocycles. The molecule has 0 saturated carbocycles. The second kappa shape index (κ2) is 8.96. The van der Waals surface area contributed by atoms with Gasteiger partial charge in [0.25, 0.3) is 15.9 Å². The second-order valence-electron chi connectivity index (χ2n) is 7.48. The first-order valence-electron chi connectivity index (χ1n) is 10.1. The Bertz CT molecular complexity index is 1270. The molecule has 0 atom stereocenters. The number of hydrogen-bond acceptors (Lipinski definition) is 5. The number of nitrogens with zero attached hydrogens (tertiary/aromatic N) is 1. The Labute approximate surface area is 185 Å². The summed E-state index contributed by atoms with van der Waals surface area (Å²) >= 11 is 0. The summed E-state index contributed by atoms with van der Waals surface area (Å²) in [4.78, 5) is 14.8. The van der Waals surface area contributed by atoms with E-state index in [2.05, 4.69) is 15.2 Å². The van der Waals surface area contributed by atoms with E-state index in [-0.39, 0.29) is 16.6 Å². The summed E-state index contributed by atoms with van der Waals surface area (Å²) < 4.78 is 43.9. The van der Waals surface area contributed by atoms with Crippen LogP contribution in [0.4, 0.5) is 4.39 Å². The van der Waals surface area contributed by atoms with E-state index >= 15 is 0 Å². The fourth-order valence-corrected chi connectivity index (χ4v) is 4.47. The van der Waals surface area contributed by atoms with Gasteiger partial charge in [0, 0.05) is 24.1 Å². The minimum atomic E-state index is -3.95. The number of nitrogens with one attached hydrogen (secondary N) is 2. The molecule has 166 valence electrons. The smallest absolute Gasteiger partial charge is 0.287 e. The van der Waals surface area contributed by atoms with Crippen molar-refractivity contribution in [3.63, 3.8) is 0 Å². The number of carbonyl (C=O) groups excluding carboxylic acids is 1. The van der Waals surface area contributed by atoms with Crippen molar-refractivity contribution in [2.24, 2.45) is 5.10 Å². The molecule has 1 aliphatic carbocycles. The van der Waals surface area contributed by atoms with E-state index in [9.17, 15) is 17.6 Å². The fraction of sp³-hybridized carbons (Fsp3) is 0.217. The van der Waals surface area contributed by atoms with Crippen LogP contribution >= 0.6 is 0 Å². The van der Waals surface area contributed by atoms with Crippen LogP contribution in [0, 0.1) is 12.7 Å². The number of benzene rings is 2. The van der Waals surface area contributed by atoms with Gasteiger partial charge in [-0.05, 0) is 49.6 Å². The second-order valence-corrected chi connectivity index (χ2v) is 9.14. The summed E-state index contributed by atoms with van der Waals surface area (Å²) in [5, 5.41) is 6.96. The Morgan fingerprint density at radius 1 is 1.09 bits per heavy atom. The third-order valence-corrected chi connectivity index (χ3v) is 6.48. The molecule has 9 heteroatoms. The Morgan fingerprint density at radius 3 is 2.53 bits per heavy atom. The number of rotatable bonds is 6. The molecule has 1 heterocycles. The van der Waals surface area contributed by atoms with E-state index in [1.54, 1.807) is 6.92 Å². The van der Waals surface area contributed by atoms with Crippen molar-refractivity contribution in [1.82, 2.24) is 10.1 Å². The molecule has 1 amide bonds. The summed E-state index contributed by atoms with van der Waals surface area (Å²) in [5.41, 5.74) is 2.74. The number of hydrazone groups is 1. The highest BCUT2D eigenvalue weighted by Crippen LogP contribution is 2.30. The first-order valence-corrected chi connectivity index (χ1v) is 11.6. The van der Waals surface area contributed by atoms with Crippen molar-refractivity contribution in [2.75, 3.05) is 0 Å². The summed E-state index contributed by atoms with van der Waals surface area (Å²) in [6.07, 6.45) is 1.87. The van der Waals surface area contributed by atoms with Gasteiger partial charge >= 0.3 is 0 Å². The van der Waals surface area contributed by atoms with Crippen LogP contribution in [0.25, 0.3) is 0 Å². The van der Waals surface area contributed by atoms with Crippen LogP contribution < -0.4 is 10.1 Å². The monoisotopic (exact) mass is 455 g/mol. The van der Waals surface area contributed by atoms with Gasteiger partial charge < -0.3 is 9.73 Å². The molecule has 0 radical (unpaired) electrons. The van der Waals surface area contributed by atoms with Gasteiger partial charge in [0.1, 0.15) is 11.6 Å². The van der Waals surface area contributed by atoms with Crippen LogP contribution in [-0.4, -0.2) is 20.0 Å². The number of furan rings is 1. The molecule has 0 fully saturated rings. The predicted molar refractivity (Wildman–Crippen MR) is 117 cm³/mol. The summed E-state index contributed by atoms with van der Waals surface area (Å²) in [7, 11) is -3.95. The first-order chi connectivity index (χ1) is 15.3. The first kappa shape index (κ1) is 21.8. The van der Waals surface area contributed by atoms with Crippen LogP contribution in [0.3, 0.4) is 0 Å². The van der Waals surface area contributed by atoms with Gasteiger partial charge in [-0.15, -0.1) is 0 Å². The summed E-state index contributed by atoms with van der Waals surface area (Å²) in [6, 6.07) is 14.0. The fourth-order valence-electron chi connectivity index (χ4n) is 3.64. The zero-order valence-corrected chi connectivity index (χ0v) is 18.2. The van der Waals surface area contributed by atoms with Crippen LogP contribution in [0.5, 0.6) is 0 Å². The lowest BCUT2D eigenvalue weighted by atomic mass is 9.93. The Balaban J connectivity index is 1.55. The van der Waals surface area contributed by atoms with Gasteiger partial charge in [-0.2, -0.15) is 18.4 Å². The highest BCUT2D eigenvalue weighted by atomic mass is 32.2. The van der Waals surface area contributed by atoms with Crippen LogP contribution in [-0.2, 0) is 23.0 Å². The third kappa shape index (κ3) is 4.57. The van der Waals surface area contributed by atoms with Crippen molar-refractivity contribution in [1.29, 1.82) is 0 Å². The van der Waals surface area contributed by atoms with Gasteiger partial charge in [-0.25, -0.2) is 4.39 Å². The maximum Gasteiger partial charge on any atom is 0.287 e. The lowest BCUT2D eigenvalue weighted by Gasteiger charge is -2.14. The molecule has 2 aromatic carbocycles. The zero-order valence-electron chi connectivity index (χ0n) is 17.4. The number of aryl methyl sites for hydroxylation is 1. The van der Waals surface area contributed by atoms with Gasteiger partial charge in [-0.1, -0.05) is 30.3 Å². The summed E-state index contributed by atoms with van der Waals surface area (Å²) in [5.74, 6) is -0.0634. The van der Waals surface area contributed by atoms with E-state index in [0.29, 0.717) is 48.4 Å². The zero-order chi connectivity index (χ0) is 22.7. The number of fused-ring (bicyclic) bond motifs is 1. The minimum absolute atomic E-state index is 0.0934. The molecule has 2 N–H and O–H groups in total. The van der Waals surface area contributed by atoms with Crippen molar-refractivity contribution >= 4 is 21.6 Å². The lowest BCUT2D eigenvalue weighted by molar-refractivity contribution is 0.0920. The third-order valence-electron chi connectivity index (χ3n) is 5.25. The molecule has 1 aliphatic rings. The van der Waals surface area contributed by atoms with Gasteiger partial charge in [-0.3, -0.25) is 4.79 Å². The quantitative estimate of drug-likeness (QED) is 0.554. The molecular formula is C23H22FN3O4S. The van der Waals surface area contributed by atoms with Crippen LogP contribution in [0.1, 0.15) is 45.8 Å². The van der Waals surface area contributed by atoms with Gasteiger partial charge in [0.15, 0.2) is 5.76 Å². The Morgan fingerprint density at radius 2 is 1.81 bits per heavy atom. The highest BCUT2D eigenvalue weighted by molar-refractivity contribution is 7.89. The molecule has 7 nitrogen and oxygen atoms in total. The van der Waals surface area contributed by atoms with Crippen molar-refractivity contribution in [3.8, 4) is 0 Å². The van der Waals surface area contributed by atoms with Crippen molar-refractivity contribution < 1.29 is 22.0 Å². The SMILES string of the molecule is Cc1c(C(=O)NCc2ccccc2)oc2c1/C(=N/NS(=O)(=O)c1ccc(F)cc1)CCC2. The predicted octanol–water partition coefficient (Wildman–Crippen LogP) is 3.68. The average molecular weight is 456 g/mol. The maximum atomic E-state index is 13.1. The normalized spacial score (nSPS) is 14.8. The molecule has 0 unspecified atom stereocenters. The van der Waals surface area contributed by atoms with Crippen LogP contribution in [0.15, 0.2) is 69.0 Å². The standard InChI is InChI=1S/C23H22FN3O4S/c1-15-21-19(26-27-32(29,30)18-12-10-17(24)11-13-18)8-5-9-20(21)31-22(15)23(28)25-14-16-6-3-2-4-7-16/h2-4,6-7,10-13,27H,5,8-9,14H2,1H3,(H,25,28)/b26-19+. The summed E-state index contributed by atoms with van der Waals surface area (Å²) in [6.45, 7) is 2.12. The van der Waals surface area contributed by atoms with E-state index in [1.165, 1.54) is 12.1 Å². The molecule has 4 rings (SSSR count). The molecule has 3 aromatic rings. The Hall–Kier alpha value is -3.46. The van der Waals surface area contributed by atoms with E-state index in [1.807, 2.05) is 30.3 Å². The number of amides is 1. The van der Waals surface area contributed by atoms with E-state index < -0.39 is 15.8 Å². The lowest BCUT2D eigenvalue weighted by Crippen LogP contribution is -2.23. The van der Waals surface area contributed by atoms with E-state index in [4.69, 9.17) is 4.42 Å². The van der Waals surface area contributed by atoms with Crippen molar-refractivity contribution in [3.05, 3.63) is 88.6 Å². The molecule has 0 saturated heterocycles. The van der Waals surface area contributed by atoms with Gasteiger partial charge in [0.05, 0.1) is 10.6 Å². The molecule has 0 bridgehead atoms. The van der Waals surface area contributed by atoms with E-state index in [0.717, 1.165) is 17.7 Å². The molecule has 0 spiro atoms. The number of hydrogen-bond donors (Lipinski definition) is 2. The number of sulfonamides is 1. The minimum Gasteiger partial charge on any atom is -0.455 e. The van der Waals surface area contributed by atoms with Crippen molar-refractivity contribution in [2.45, 2.75) is 37.6 Å².